The Balaban J connectivity index is 1.87. The Morgan fingerprint density at radius 3 is 2.68 bits per heavy atom. The van der Waals surface area contributed by atoms with Gasteiger partial charge in [-0.3, -0.25) is 14.3 Å². The first kappa shape index (κ1) is 13.6. The molecule has 0 aliphatic heterocycles. The largest absolute Gasteiger partial charge is 0.352 e. The van der Waals surface area contributed by atoms with Gasteiger partial charge in [0.05, 0.1) is 11.9 Å². The fraction of sp³-hybridized carbons (Fsp3) is 0.615. The standard InChI is InChI=1S/C13H20N4O2/c1-13(2,3)12(19)16-10-6-14-17(7-10)8-11(18)15-9-4-5-9/h6-7,9H,4-5,8H2,1-3H3,(H,15,18)(H,16,19). The van der Waals surface area contributed by atoms with Gasteiger partial charge < -0.3 is 10.6 Å². The molecule has 1 aromatic rings. The van der Waals surface area contributed by atoms with E-state index < -0.39 is 5.41 Å². The fourth-order valence-electron chi connectivity index (χ4n) is 1.48. The molecule has 0 radical (unpaired) electrons. The van der Waals surface area contributed by atoms with Crippen molar-refractivity contribution in [1.82, 2.24) is 15.1 Å². The lowest BCUT2D eigenvalue weighted by atomic mass is 9.96. The number of hydrogen-bond acceptors (Lipinski definition) is 3. The summed E-state index contributed by atoms with van der Waals surface area (Å²) in [6.07, 6.45) is 5.35. The third-order valence-corrected chi connectivity index (χ3v) is 2.82. The van der Waals surface area contributed by atoms with E-state index in [1.807, 2.05) is 20.8 Å². The molecule has 6 nitrogen and oxygen atoms in total. The second-order valence-corrected chi connectivity index (χ2v) is 5.97. The summed E-state index contributed by atoms with van der Waals surface area (Å²) in [4.78, 5) is 23.4. The number of nitrogens with zero attached hydrogens (tertiary/aromatic N) is 2. The lowest BCUT2D eigenvalue weighted by molar-refractivity contribution is -0.123. The number of anilines is 1. The minimum absolute atomic E-state index is 0.0423. The smallest absolute Gasteiger partial charge is 0.241 e. The van der Waals surface area contributed by atoms with Gasteiger partial charge in [-0.2, -0.15) is 5.10 Å². The molecule has 0 unspecified atom stereocenters. The van der Waals surface area contributed by atoms with Gasteiger partial charge in [0.1, 0.15) is 6.54 Å². The summed E-state index contributed by atoms with van der Waals surface area (Å²) in [6, 6.07) is 0.350. The van der Waals surface area contributed by atoms with Crippen molar-refractivity contribution in [3.05, 3.63) is 12.4 Å². The second kappa shape index (κ2) is 5.03. The number of rotatable bonds is 4. The Labute approximate surface area is 112 Å². The zero-order valence-corrected chi connectivity index (χ0v) is 11.6. The van der Waals surface area contributed by atoms with Crippen LogP contribution in [0.2, 0.25) is 0 Å². The van der Waals surface area contributed by atoms with Crippen molar-refractivity contribution >= 4 is 17.5 Å². The monoisotopic (exact) mass is 264 g/mol. The highest BCUT2D eigenvalue weighted by Gasteiger charge is 2.24. The predicted molar refractivity (Wildman–Crippen MR) is 71.5 cm³/mol. The normalized spacial score (nSPS) is 15.1. The van der Waals surface area contributed by atoms with Crippen LogP contribution < -0.4 is 10.6 Å². The maximum Gasteiger partial charge on any atom is 0.241 e. The summed E-state index contributed by atoms with van der Waals surface area (Å²) < 4.78 is 1.52. The van der Waals surface area contributed by atoms with Gasteiger partial charge in [-0.05, 0) is 12.8 Å². The zero-order valence-electron chi connectivity index (χ0n) is 11.6. The molecule has 2 rings (SSSR count). The first-order chi connectivity index (χ1) is 8.84. The summed E-state index contributed by atoms with van der Waals surface area (Å²) in [5.74, 6) is -0.117. The average Bonchev–Trinajstić information content (AvgIpc) is 2.98. The van der Waals surface area contributed by atoms with Crippen LogP contribution in [-0.4, -0.2) is 27.6 Å². The van der Waals surface area contributed by atoms with E-state index >= 15 is 0 Å². The van der Waals surface area contributed by atoms with Gasteiger partial charge in [-0.15, -0.1) is 0 Å². The Bertz CT molecular complexity index is 483. The molecule has 1 saturated carbocycles. The van der Waals surface area contributed by atoms with Crippen LogP contribution in [0.1, 0.15) is 33.6 Å². The van der Waals surface area contributed by atoms with Gasteiger partial charge in [0.2, 0.25) is 11.8 Å². The molecule has 0 saturated heterocycles. The van der Waals surface area contributed by atoms with Crippen molar-refractivity contribution in [2.24, 2.45) is 5.41 Å². The van der Waals surface area contributed by atoms with E-state index in [0.717, 1.165) is 12.8 Å². The molecular weight excluding hydrogens is 244 g/mol. The molecule has 1 heterocycles. The third-order valence-electron chi connectivity index (χ3n) is 2.82. The molecule has 1 aliphatic carbocycles. The van der Waals surface area contributed by atoms with Gasteiger partial charge in [-0.1, -0.05) is 20.8 Å². The maximum absolute atomic E-state index is 11.8. The Morgan fingerprint density at radius 1 is 1.42 bits per heavy atom. The molecule has 0 spiro atoms. The van der Waals surface area contributed by atoms with Gasteiger partial charge >= 0.3 is 0 Å². The maximum atomic E-state index is 11.8. The van der Waals surface area contributed by atoms with E-state index in [-0.39, 0.29) is 18.4 Å². The van der Waals surface area contributed by atoms with E-state index in [1.54, 1.807) is 12.4 Å². The van der Waals surface area contributed by atoms with Crippen molar-refractivity contribution in [2.45, 2.75) is 46.2 Å². The molecule has 0 atom stereocenters. The van der Waals surface area contributed by atoms with E-state index in [2.05, 4.69) is 15.7 Å². The molecule has 19 heavy (non-hydrogen) atoms. The SMILES string of the molecule is CC(C)(C)C(=O)Nc1cnn(CC(=O)NC2CC2)c1. The van der Waals surface area contributed by atoms with Crippen LogP contribution in [0.5, 0.6) is 0 Å². The van der Waals surface area contributed by atoms with E-state index in [4.69, 9.17) is 0 Å². The van der Waals surface area contributed by atoms with Crippen molar-refractivity contribution in [3.63, 3.8) is 0 Å². The number of carbonyl (C=O) groups excluding carboxylic acids is 2. The highest BCUT2D eigenvalue weighted by molar-refractivity contribution is 5.94. The highest BCUT2D eigenvalue weighted by Crippen LogP contribution is 2.19. The molecule has 1 fully saturated rings. The summed E-state index contributed by atoms with van der Waals surface area (Å²) in [7, 11) is 0. The molecule has 1 aromatic heterocycles. The van der Waals surface area contributed by atoms with E-state index in [0.29, 0.717) is 11.7 Å². The lowest BCUT2D eigenvalue weighted by Crippen LogP contribution is -2.29. The highest BCUT2D eigenvalue weighted by atomic mass is 16.2. The minimum atomic E-state index is -0.453. The van der Waals surface area contributed by atoms with E-state index in [9.17, 15) is 9.59 Å². The molecular formula is C13H20N4O2. The Hall–Kier alpha value is -1.85. The Morgan fingerprint density at radius 2 is 2.11 bits per heavy atom. The van der Waals surface area contributed by atoms with Gasteiger partial charge in [0, 0.05) is 17.7 Å². The van der Waals surface area contributed by atoms with Gasteiger partial charge in [0.25, 0.3) is 0 Å². The number of carbonyl (C=O) groups is 2. The first-order valence-electron chi connectivity index (χ1n) is 6.48. The quantitative estimate of drug-likeness (QED) is 0.856. The molecule has 0 bridgehead atoms. The summed E-state index contributed by atoms with van der Waals surface area (Å²) >= 11 is 0. The first-order valence-corrected chi connectivity index (χ1v) is 6.48. The minimum Gasteiger partial charge on any atom is -0.352 e. The van der Waals surface area contributed by atoms with Crippen LogP contribution in [0.15, 0.2) is 12.4 Å². The van der Waals surface area contributed by atoms with Crippen LogP contribution in [0.4, 0.5) is 5.69 Å². The fourth-order valence-corrected chi connectivity index (χ4v) is 1.48. The molecule has 1 aliphatic rings. The zero-order chi connectivity index (χ0) is 14.0. The van der Waals surface area contributed by atoms with Crippen LogP contribution in [0, 0.1) is 5.41 Å². The van der Waals surface area contributed by atoms with E-state index in [1.165, 1.54) is 4.68 Å². The van der Waals surface area contributed by atoms with Crippen LogP contribution in [0.3, 0.4) is 0 Å². The summed E-state index contributed by atoms with van der Waals surface area (Å²) in [5.41, 5.74) is 0.157. The predicted octanol–water partition coefficient (Wildman–Crippen LogP) is 1.15. The van der Waals surface area contributed by atoms with Gasteiger partial charge in [0.15, 0.2) is 0 Å². The number of nitrogens with one attached hydrogen (secondary N) is 2. The summed E-state index contributed by atoms with van der Waals surface area (Å²) in [6.45, 7) is 5.71. The van der Waals surface area contributed by atoms with Crippen LogP contribution in [0.25, 0.3) is 0 Å². The molecule has 2 amide bonds. The van der Waals surface area contributed by atoms with Gasteiger partial charge in [-0.25, -0.2) is 0 Å². The topological polar surface area (TPSA) is 76.0 Å². The lowest BCUT2D eigenvalue weighted by Gasteiger charge is -2.16. The van der Waals surface area contributed by atoms with Crippen molar-refractivity contribution in [1.29, 1.82) is 0 Å². The summed E-state index contributed by atoms with van der Waals surface area (Å²) in [5, 5.41) is 9.72. The molecule has 2 N–H and O–H groups in total. The molecule has 0 aromatic carbocycles. The van der Waals surface area contributed by atoms with Crippen molar-refractivity contribution in [2.75, 3.05) is 5.32 Å². The van der Waals surface area contributed by atoms with Crippen molar-refractivity contribution in [3.8, 4) is 0 Å². The third kappa shape index (κ3) is 4.08. The van der Waals surface area contributed by atoms with Crippen molar-refractivity contribution < 1.29 is 9.59 Å². The molecule has 104 valence electrons. The number of amides is 2. The van der Waals surface area contributed by atoms with Crippen LogP contribution in [-0.2, 0) is 16.1 Å². The number of aromatic nitrogens is 2. The number of hydrogen-bond donors (Lipinski definition) is 2. The second-order valence-electron chi connectivity index (χ2n) is 5.97. The van der Waals surface area contributed by atoms with Crippen LogP contribution >= 0.6 is 0 Å². The average molecular weight is 264 g/mol. The Kier molecular flexibility index (Phi) is 3.59. The molecule has 6 heteroatoms.